The Bertz CT molecular complexity index is 842. The number of carbonyl (C=O) groups is 2. The lowest BCUT2D eigenvalue weighted by atomic mass is 9.97. The Labute approximate surface area is 173 Å². The molecule has 0 heterocycles. The van der Waals surface area contributed by atoms with E-state index in [4.69, 9.17) is 4.74 Å². The van der Waals surface area contributed by atoms with Crippen LogP contribution >= 0.6 is 0 Å². The first kappa shape index (κ1) is 22.5. The Morgan fingerprint density at radius 1 is 1.00 bits per heavy atom. The lowest BCUT2D eigenvalue weighted by Crippen LogP contribution is -2.47. The minimum atomic E-state index is -0.645. The molecular weight excluding hydrogens is 364 g/mol. The van der Waals surface area contributed by atoms with Crippen LogP contribution in [0.2, 0.25) is 0 Å². The van der Waals surface area contributed by atoms with Crippen molar-refractivity contribution in [1.29, 1.82) is 0 Å². The van der Waals surface area contributed by atoms with Crippen LogP contribution in [-0.4, -0.2) is 24.5 Å². The van der Waals surface area contributed by atoms with Crippen LogP contribution in [0.15, 0.2) is 42.5 Å². The first-order chi connectivity index (χ1) is 13.7. The molecule has 2 rings (SSSR count). The number of benzene rings is 2. The molecule has 0 fully saturated rings. The SMILES string of the molecule is CCOc1ccc(C(=O)N[C@H](C(=O)Nc2c(C)cccc2C(C)C)C(C)C)cc1. The molecule has 0 unspecified atom stereocenters. The fraction of sp³-hybridized carbons (Fsp3) is 0.417. The summed E-state index contributed by atoms with van der Waals surface area (Å²) in [5, 5.41) is 5.93. The van der Waals surface area contributed by atoms with Crippen molar-refractivity contribution in [1.82, 2.24) is 5.32 Å². The monoisotopic (exact) mass is 396 g/mol. The maximum Gasteiger partial charge on any atom is 0.251 e. The minimum absolute atomic E-state index is 0.0619. The van der Waals surface area contributed by atoms with Gasteiger partial charge in [-0.05, 0) is 61.1 Å². The van der Waals surface area contributed by atoms with E-state index in [1.54, 1.807) is 24.3 Å². The Morgan fingerprint density at radius 2 is 1.66 bits per heavy atom. The van der Waals surface area contributed by atoms with E-state index in [-0.39, 0.29) is 23.7 Å². The molecule has 5 heteroatoms. The standard InChI is InChI=1S/C24H32N2O3/c1-7-29-19-13-11-18(12-14-19)23(27)25-21(16(4)5)24(28)26-22-17(6)9-8-10-20(22)15(2)3/h8-16,21H,7H2,1-6H3,(H,25,27)(H,26,28)/t21-/m0/s1. The van der Waals surface area contributed by atoms with E-state index in [0.717, 1.165) is 16.8 Å². The molecule has 2 aromatic rings. The highest BCUT2D eigenvalue weighted by Crippen LogP contribution is 2.27. The number of hydrogen-bond donors (Lipinski definition) is 2. The Hall–Kier alpha value is -2.82. The summed E-state index contributed by atoms with van der Waals surface area (Å²) in [5.74, 6) is 0.434. The summed E-state index contributed by atoms with van der Waals surface area (Å²) in [6.45, 7) is 12.5. The highest BCUT2D eigenvalue weighted by molar-refractivity contribution is 6.02. The molecule has 0 aliphatic carbocycles. The zero-order chi connectivity index (χ0) is 21.6. The molecule has 1 atom stereocenters. The zero-order valence-corrected chi connectivity index (χ0v) is 18.2. The number of amides is 2. The summed E-state index contributed by atoms with van der Waals surface area (Å²) in [7, 11) is 0. The second kappa shape index (κ2) is 10.1. The first-order valence-corrected chi connectivity index (χ1v) is 10.2. The number of nitrogens with one attached hydrogen (secondary N) is 2. The van der Waals surface area contributed by atoms with Gasteiger partial charge in [0, 0.05) is 11.3 Å². The van der Waals surface area contributed by atoms with Crippen LogP contribution in [0.1, 0.15) is 62.0 Å². The van der Waals surface area contributed by atoms with E-state index in [1.165, 1.54) is 0 Å². The van der Waals surface area contributed by atoms with Crippen molar-refractivity contribution >= 4 is 17.5 Å². The summed E-state index contributed by atoms with van der Waals surface area (Å²) in [6.07, 6.45) is 0. The van der Waals surface area contributed by atoms with Crippen LogP contribution in [0.25, 0.3) is 0 Å². The van der Waals surface area contributed by atoms with Crippen LogP contribution in [-0.2, 0) is 4.79 Å². The smallest absolute Gasteiger partial charge is 0.251 e. The molecule has 0 radical (unpaired) electrons. The fourth-order valence-electron chi connectivity index (χ4n) is 3.17. The highest BCUT2D eigenvalue weighted by atomic mass is 16.5. The molecule has 0 bridgehead atoms. The van der Waals surface area contributed by atoms with Gasteiger partial charge in [0.15, 0.2) is 0 Å². The quantitative estimate of drug-likeness (QED) is 0.666. The van der Waals surface area contributed by atoms with E-state index in [9.17, 15) is 9.59 Å². The van der Waals surface area contributed by atoms with Gasteiger partial charge < -0.3 is 15.4 Å². The van der Waals surface area contributed by atoms with Crippen molar-refractivity contribution in [2.75, 3.05) is 11.9 Å². The third kappa shape index (κ3) is 5.83. The van der Waals surface area contributed by atoms with Crippen LogP contribution in [0.3, 0.4) is 0 Å². The van der Waals surface area contributed by atoms with E-state index >= 15 is 0 Å². The molecule has 29 heavy (non-hydrogen) atoms. The van der Waals surface area contributed by atoms with Crippen LogP contribution < -0.4 is 15.4 Å². The molecule has 0 saturated heterocycles. The summed E-state index contributed by atoms with van der Waals surface area (Å²) in [5.41, 5.74) is 3.41. The number of para-hydroxylation sites is 1. The van der Waals surface area contributed by atoms with Gasteiger partial charge in [0.1, 0.15) is 11.8 Å². The Balaban J connectivity index is 2.17. The van der Waals surface area contributed by atoms with Gasteiger partial charge in [-0.1, -0.05) is 45.9 Å². The van der Waals surface area contributed by atoms with E-state index in [0.29, 0.717) is 17.9 Å². The third-order valence-corrected chi connectivity index (χ3v) is 4.84. The van der Waals surface area contributed by atoms with E-state index in [2.05, 4.69) is 24.5 Å². The van der Waals surface area contributed by atoms with E-state index in [1.807, 2.05) is 45.9 Å². The topological polar surface area (TPSA) is 67.4 Å². The average Bonchev–Trinajstić information content (AvgIpc) is 2.67. The zero-order valence-electron chi connectivity index (χ0n) is 18.2. The lowest BCUT2D eigenvalue weighted by molar-refractivity contribution is -0.118. The number of carbonyl (C=O) groups excluding carboxylic acids is 2. The van der Waals surface area contributed by atoms with Gasteiger partial charge in [0.2, 0.25) is 5.91 Å². The van der Waals surface area contributed by atoms with Crippen molar-refractivity contribution in [2.24, 2.45) is 5.92 Å². The number of aryl methyl sites for hydroxylation is 1. The molecule has 0 aliphatic rings. The van der Waals surface area contributed by atoms with Gasteiger partial charge in [0.25, 0.3) is 5.91 Å². The predicted octanol–water partition coefficient (Wildman–Crippen LogP) is 4.91. The Morgan fingerprint density at radius 3 is 2.21 bits per heavy atom. The van der Waals surface area contributed by atoms with Crippen LogP contribution in [0.5, 0.6) is 5.75 Å². The minimum Gasteiger partial charge on any atom is -0.494 e. The summed E-state index contributed by atoms with van der Waals surface area (Å²) < 4.78 is 5.41. The van der Waals surface area contributed by atoms with Crippen molar-refractivity contribution in [3.63, 3.8) is 0 Å². The molecule has 0 saturated carbocycles. The van der Waals surface area contributed by atoms with Gasteiger partial charge in [-0.15, -0.1) is 0 Å². The number of rotatable bonds is 8. The highest BCUT2D eigenvalue weighted by Gasteiger charge is 2.26. The van der Waals surface area contributed by atoms with Crippen molar-refractivity contribution in [2.45, 2.75) is 53.5 Å². The second-order valence-corrected chi connectivity index (χ2v) is 7.84. The second-order valence-electron chi connectivity index (χ2n) is 7.84. The molecule has 2 amide bonds. The van der Waals surface area contributed by atoms with Gasteiger partial charge in [0.05, 0.1) is 6.61 Å². The molecule has 0 spiro atoms. The maximum absolute atomic E-state index is 13.0. The molecule has 2 aromatic carbocycles. The van der Waals surface area contributed by atoms with Crippen molar-refractivity contribution in [3.8, 4) is 5.75 Å². The third-order valence-electron chi connectivity index (χ3n) is 4.84. The van der Waals surface area contributed by atoms with Gasteiger partial charge in [-0.2, -0.15) is 0 Å². The molecule has 0 aromatic heterocycles. The van der Waals surface area contributed by atoms with Crippen molar-refractivity contribution < 1.29 is 14.3 Å². The van der Waals surface area contributed by atoms with Crippen molar-refractivity contribution in [3.05, 3.63) is 59.2 Å². The van der Waals surface area contributed by atoms with Crippen LogP contribution in [0.4, 0.5) is 5.69 Å². The molecule has 156 valence electrons. The van der Waals surface area contributed by atoms with Crippen LogP contribution in [0, 0.1) is 12.8 Å². The average molecular weight is 397 g/mol. The molecular formula is C24H32N2O3. The predicted molar refractivity (Wildman–Crippen MR) is 118 cm³/mol. The summed E-state index contributed by atoms with van der Waals surface area (Å²) in [4.78, 5) is 25.7. The molecule has 0 aliphatic heterocycles. The van der Waals surface area contributed by atoms with Gasteiger partial charge in [-0.3, -0.25) is 9.59 Å². The fourth-order valence-corrected chi connectivity index (χ4v) is 3.17. The molecule has 5 nitrogen and oxygen atoms in total. The lowest BCUT2D eigenvalue weighted by Gasteiger charge is -2.24. The van der Waals surface area contributed by atoms with Gasteiger partial charge >= 0.3 is 0 Å². The van der Waals surface area contributed by atoms with Gasteiger partial charge in [-0.25, -0.2) is 0 Å². The summed E-state index contributed by atoms with van der Waals surface area (Å²) >= 11 is 0. The number of anilines is 1. The normalized spacial score (nSPS) is 12.0. The van der Waals surface area contributed by atoms with E-state index < -0.39 is 6.04 Å². The largest absolute Gasteiger partial charge is 0.494 e. The molecule has 2 N–H and O–H groups in total. The number of hydrogen-bond acceptors (Lipinski definition) is 3. The Kier molecular flexibility index (Phi) is 7.82. The number of ether oxygens (including phenoxy) is 1. The maximum atomic E-state index is 13.0. The first-order valence-electron chi connectivity index (χ1n) is 10.2. The summed E-state index contributed by atoms with van der Waals surface area (Å²) in [6, 6.07) is 12.3.